The summed E-state index contributed by atoms with van der Waals surface area (Å²) >= 11 is 0. The van der Waals surface area contributed by atoms with Crippen LogP contribution in [0, 0.1) is 0 Å². The van der Waals surface area contributed by atoms with Crippen LogP contribution >= 0.6 is 0 Å². The second-order valence-electron chi connectivity index (χ2n) is 2.96. The average molecular weight is 180 g/mol. The number of anilines is 2. The summed E-state index contributed by atoms with van der Waals surface area (Å²) in [7, 11) is 0. The third-order valence-electron chi connectivity index (χ3n) is 2.00. The van der Waals surface area contributed by atoms with Crippen LogP contribution in [0.25, 0.3) is 0 Å². The fourth-order valence-electron chi connectivity index (χ4n) is 1.12. The molecule has 3 N–H and O–H groups in total. The monoisotopic (exact) mass is 180 g/mol. The van der Waals surface area contributed by atoms with Gasteiger partial charge in [-0.05, 0) is 18.9 Å². The molecular formula is C9H16N4. The number of hydrogen-bond donors (Lipinski definition) is 2. The molecule has 1 aromatic rings. The Kier molecular flexibility index (Phi) is 3.49. The molecule has 0 aliphatic carbocycles. The highest BCUT2D eigenvalue weighted by Crippen LogP contribution is 2.06. The van der Waals surface area contributed by atoms with Gasteiger partial charge < -0.3 is 11.1 Å². The first-order chi connectivity index (χ1) is 6.26. The highest BCUT2D eigenvalue weighted by molar-refractivity contribution is 5.35. The highest BCUT2D eigenvalue weighted by Gasteiger charge is 2.04. The van der Waals surface area contributed by atoms with Crippen molar-refractivity contribution in [3.05, 3.63) is 12.3 Å². The van der Waals surface area contributed by atoms with E-state index in [1.807, 2.05) is 0 Å². The molecule has 0 radical (unpaired) electrons. The van der Waals surface area contributed by atoms with Gasteiger partial charge in [0.05, 0.1) is 0 Å². The van der Waals surface area contributed by atoms with E-state index in [-0.39, 0.29) is 0 Å². The van der Waals surface area contributed by atoms with Crippen molar-refractivity contribution in [1.82, 2.24) is 9.97 Å². The molecule has 0 amide bonds. The molecule has 0 atom stereocenters. The minimum Gasteiger partial charge on any atom is -0.384 e. The maximum Gasteiger partial charge on any atom is 0.224 e. The largest absolute Gasteiger partial charge is 0.384 e. The lowest BCUT2D eigenvalue weighted by Gasteiger charge is -2.14. The van der Waals surface area contributed by atoms with Crippen molar-refractivity contribution in [3.63, 3.8) is 0 Å². The zero-order valence-electron chi connectivity index (χ0n) is 8.12. The van der Waals surface area contributed by atoms with Crippen LogP contribution in [-0.4, -0.2) is 16.0 Å². The van der Waals surface area contributed by atoms with Crippen molar-refractivity contribution >= 4 is 11.8 Å². The second kappa shape index (κ2) is 4.64. The smallest absolute Gasteiger partial charge is 0.224 e. The van der Waals surface area contributed by atoms with E-state index in [0.717, 1.165) is 12.8 Å². The second-order valence-corrected chi connectivity index (χ2v) is 2.96. The molecule has 1 rings (SSSR count). The van der Waals surface area contributed by atoms with Crippen LogP contribution in [0.1, 0.15) is 26.7 Å². The highest BCUT2D eigenvalue weighted by atomic mass is 15.1. The molecule has 4 heteroatoms. The number of nitrogens with zero attached hydrogens (tertiary/aromatic N) is 2. The SMILES string of the molecule is CCC(CC)Nc1nccc(N)n1. The molecule has 4 nitrogen and oxygen atoms in total. The molecule has 0 aromatic carbocycles. The molecule has 1 aromatic heterocycles. The van der Waals surface area contributed by atoms with Crippen molar-refractivity contribution in [2.45, 2.75) is 32.7 Å². The van der Waals surface area contributed by atoms with Gasteiger partial charge >= 0.3 is 0 Å². The van der Waals surface area contributed by atoms with Gasteiger partial charge in [-0.2, -0.15) is 4.98 Å². The van der Waals surface area contributed by atoms with Crippen LogP contribution in [0.5, 0.6) is 0 Å². The van der Waals surface area contributed by atoms with Gasteiger partial charge in [0.1, 0.15) is 5.82 Å². The van der Waals surface area contributed by atoms with E-state index >= 15 is 0 Å². The first-order valence-electron chi connectivity index (χ1n) is 4.61. The molecule has 13 heavy (non-hydrogen) atoms. The van der Waals surface area contributed by atoms with Crippen molar-refractivity contribution in [2.24, 2.45) is 0 Å². The minimum atomic E-state index is 0.432. The zero-order valence-corrected chi connectivity index (χ0v) is 8.12. The van der Waals surface area contributed by atoms with Gasteiger partial charge in [-0.1, -0.05) is 13.8 Å². The summed E-state index contributed by atoms with van der Waals surface area (Å²) < 4.78 is 0. The molecular weight excluding hydrogens is 164 g/mol. The van der Waals surface area contributed by atoms with Gasteiger partial charge in [-0.25, -0.2) is 4.98 Å². The van der Waals surface area contributed by atoms with Gasteiger partial charge in [0, 0.05) is 12.2 Å². The fourth-order valence-corrected chi connectivity index (χ4v) is 1.12. The molecule has 0 aliphatic rings. The summed E-state index contributed by atoms with van der Waals surface area (Å²) in [4.78, 5) is 8.14. The summed E-state index contributed by atoms with van der Waals surface area (Å²) in [6.07, 6.45) is 3.79. The molecule has 72 valence electrons. The van der Waals surface area contributed by atoms with E-state index in [1.54, 1.807) is 12.3 Å². The number of nitrogens with two attached hydrogens (primary N) is 1. The first kappa shape index (κ1) is 9.77. The lowest BCUT2D eigenvalue weighted by molar-refractivity contribution is 0.665. The average Bonchev–Trinajstić information content (AvgIpc) is 2.14. The van der Waals surface area contributed by atoms with Gasteiger partial charge in [0.2, 0.25) is 5.95 Å². The van der Waals surface area contributed by atoms with E-state index in [2.05, 4.69) is 29.1 Å². The first-order valence-corrected chi connectivity index (χ1v) is 4.61. The number of nitrogens with one attached hydrogen (secondary N) is 1. The van der Waals surface area contributed by atoms with Crippen molar-refractivity contribution in [3.8, 4) is 0 Å². The van der Waals surface area contributed by atoms with E-state index in [4.69, 9.17) is 5.73 Å². The molecule has 0 unspecified atom stereocenters. The predicted molar refractivity (Wildman–Crippen MR) is 54.4 cm³/mol. The fraction of sp³-hybridized carbons (Fsp3) is 0.556. The van der Waals surface area contributed by atoms with Crippen molar-refractivity contribution in [1.29, 1.82) is 0 Å². The Morgan fingerprint density at radius 1 is 1.46 bits per heavy atom. The molecule has 0 fully saturated rings. The maximum absolute atomic E-state index is 5.53. The summed E-state index contributed by atoms with van der Waals surface area (Å²) in [5.74, 6) is 1.12. The summed E-state index contributed by atoms with van der Waals surface area (Å²) in [5.41, 5.74) is 5.53. The Labute approximate surface area is 78.6 Å². The van der Waals surface area contributed by atoms with Crippen molar-refractivity contribution < 1.29 is 0 Å². The Morgan fingerprint density at radius 2 is 2.15 bits per heavy atom. The van der Waals surface area contributed by atoms with Crippen LogP contribution in [-0.2, 0) is 0 Å². The van der Waals surface area contributed by atoms with Crippen LogP contribution in [0.4, 0.5) is 11.8 Å². The topological polar surface area (TPSA) is 63.8 Å². The summed E-state index contributed by atoms with van der Waals surface area (Å²) in [5, 5.41) is 3.22. The maximum atomic E-state index is 5.53. The van der Waals surface area contributed by atoms with E-state index < -0.39 is 0 Å². The molecule has 0 spiro atoms. The number of nitrogen functional groups attached to an aromatic ring is 1. The van der Waals surface area contributed by atoms with Crippen LogP contribution < -0.4 is 11.1 Å². The molecule has 0 aliphatic heterocycles. The van der Waals surface area contributed by atoms with Crippen LogP contribution in [0.2, 0.25) is 0 Å². The molecule has 0 saturated heterocycles. The number of rotatable bonds is 4. The Bertz CT molecular complexity index is 258. The molecule has 1 heterocycles. The molecule has 0 saturated carbocycles. The normalized spacial score (nSPS) is 10.4. The number of aromatic nitrogens is 2. The van der Waals surface area contributed by atoms with Crippen molar-refractivity contribution in [2.75, 3.05) is 11.1 Å². The van der Waals surface area contributed by atoms with Crippen LogP contribution in [0.15, 0.2) is 12.3 Å². The Morgan fingerprint density at radius 3 is 2.69 bits per heavy atom. The number of hydrogen-bond acceptors (Lipinski definition) is 4. The lowest BCUT2D eigenvalue weighted by atomic mass is 10.2. The zero-order chi connectivity index (χ0) is 9.68. The van der Waals surface area contributed by atoms with E-state index in [0.29, 0.717) is 17.8 Å². The predicted octanol–water partition coefficient (Wildman–Crippen LogP) is 1.66. The lowest BCUT2D eigenvalue weighted by Crippen LogP contribution is -2.18. The quantitative estimate of drug-likeness (QED) is 0.739. The van der Waals surface area contributed by atoms with Gasteiger partial charge in [-0.3, -0.25) is 0 Å². The Balaban J connectivity index is 2.62. The third-order valence-corrected chi connectivity index (χ3v) is 2.00. The third kappa shape index (κ3) is 2.89. The Hall–Kier alpha value is -1.32. The summed E-state index contributed by atoms with van der Waals surface area (Å²) in [6, 6.07) is 2.11. The van der Waals surface area contributed by atoms with Crippen LogP contribution in [0.3, 0.4) is 0 Å². The standard InChI is InChI=1S/C9H16N4/c1-3-7(4-2)12-9-11-6-5-8(10)13-9/h5-7H,3-4H2,1-2H3,(H3,10,11,12,13). The van der Waals surface area contributed by atoms with E-state index in [9.17, 15) is 0 Å². The van der Waals surface area contributed by atoms with Gasteiger partial charge in [0.25, 0.3) is 0 Å². The van der Waals surface area contributed by atoms with Gasteiger partial charge in [0.15, 0.2) is 0 Å². The summed E-state index contributed by atoms with van der Waals surface area (Å²) in [6.45, 7) is 4.26. The van der Waals surface area contributed by atoms with E-state index in [1.165, 1.54) is 0 Å². The minimum absolute atomic E-state index is 0.432. The van der Waals surface area contributed by atoms with Gasteiger partial charge in [-0.15, -0.1) is 0 Å². The molecule has 0 bridgehead atoms.